The summed E-state index contributed by atoms with van der Waals surface area (Å²) in [6.07, 6.45) is 5.44. The molecule has 152 valence electrons. The van der Waals surface area contributed by atoms with Gasteiger partial charge in [-0.05, 0) is 64.6 Å². The van der Waals surface area contributed by atoms with E-state index in [1.54, 1.807) is 18.3 Å². The molecule has 0 amide bonds. The maximum atomic E-state index is 11.9. The number of piperidine rings is 2. The van der Waals surface area contributed by atoms with Crippen LogP contribution in [-0.4, -0.2) is 81.7 Å². The molecule has 2 aliphatic heterocycles. The molecule has 0 bridgehead atoms. The van der Waals surface area contributed by atoms with Crippen LogP contribution in [0.1, 0.15) is 46.0 Å². The van der Waals surface area contributed by atoms with Crippen LogP contribution in [-0.2, 0) is 10.0 Å². The second-order valence-electron chi connectivity index (χ2n) is 7.38. The molecule has 2 aliphatic rings. The Hall–Kier alpha value is -0.860. The van der Waals surface area contributed by atoms with E-state index >= 15 is 0 Å². The number of rotatable bonds is 7. The Bertz CT molecular complexity index is 536. The van der Waals surface area contributed by atoms with Crippen LogP contribution in [0.4, 0.5) is 0 Å². The fourth-order valence-corrected chi connectivity index (χ4v) is 4.97. The van der Waals surface area contributed by atoms with Crippen molar-refractivity contribution in [2.45, 2.75) is 52.0 Å². The van der Waals surface area contributed by atoms with Gasteiger partial charge in [-0.2, -0.15) is 0 Å². The average molecular weight is 388 g/mol. The minimum Gasteiger partial charge on any atom is -0.356 e. The first-order valence-electron chi connectivity index (χ1n) is 10.2. The van der Waals surface area contributed by atoms with E-state index in [1.807, 2.05) is 0 Å². The van der Waals surface area contributed by atoms with Gasteiger partial charge in [0.1, 0.15) is 0 Å². The summed E-state index contributed by atoms with van der Waals surface area (Å²) in [6.45, 7) is 9.71. The molecule has 26 heavy (non-hydrogen) atoms. The topological polar surface area (TPSA) is 77.0 Å². The SMILES string of the molecule is CCN1CCC(CCNC(=NC)NC2CCN(S(=O)(=O)CC)CC2)CC1. The number of aliphatic imine (C=N–C) groups is 1. The standard InChI is InChI=1S/C18H37N5O2S/c1-4-22-12-7-16(8-13-22)6-11-20-18(19-3)21-17-9-14-23(15-10-17)26(24,25)5-2/h16-17H,4-15H2,1-3H3,(H2,19,20,21). The van der Waals surface area contributed by atoms with Gasteiger partial charge in [0.15, 0.2) is 5.96 Å². The quantitative estimate of drug-likeness (QED) is 0.505. The lowest BCUT2D eigenvalue weighted by Crippen LogP contribution is -2.50. The van der Waals surface area contributed by atoms with E-state index in [4.69, 9.17) is 0 Å². The predicted molar refractivity (Wildman–Crippen MR) is 108 cm³/mol. The molecule has 2 N–H and O–H groups in total. The van der Waals surface area contributed by atoms with Gasteiger partial charge < -0.3 is 15.5 Å². The molecule has 0 spiro atoms. The van der Waals surface area contributed by atoms with Crippen LogP contribution in [0, 0.1) is 5.92 Å². The summed E-state index contributed by atoms with van der Waals surface area (Å²) in [6, 6.07) is 0.289. The highest BCUT2D eigenvalue weighted by atomic mass is 32.2. The molecule has 0 saturated carbocycles. The predicted octanol–water partition coefficient (Wildman–Crippen LogP) is 1.09. The second-order valence-corrected chi connectivity index (χ2v) is 9.64. The van der Waals surface area contributed by atoms with Gasteiger partial charge in [0.2, 0.25) is 10.0 Å². The summed E-state index contributed by atoms with van der Waals surface area (Å²) >= 11 is 0. The Morgan fingerprint density at radius 3 is 2.27 bits per heavy atom. The summed E-state index contributed by atoms with van der Waals surface area (Å²) < 4.78 is 25.5. The van der Waals surface area contributed by atoms with Crippen LogP contribution in [0.25, 0.3) is 0 Å². The maximum absolute atomic E-state index is 11.9. The molecule has 2 fully saturated rings. The molecule has 0 atom stereocenters. The zero-order valence-corrected chi connectivity index (χ0v) is 17.5. The monoisotopic (exact) mass is 387 g/mol. The molecule has 2 heterocycles. The molecule has 0 unspecified atom stereocenters. The largest absolute Gasteiger partial charge is 0.356 e. The lowest BCUT2D eigenvalue weighted by Gasteiger charge is -2.32. The lowest BCUT2D eigenvalue weighted by atomic mass is 9.93. The van der Waals surface area contributed by atoms with Crippen molar-refractivity contribution in [1.82, 2.24) is 19.8 Å². The van der Waals surface area contributed by atoms with Crippen molar-refractivity contribution < 1.29 is 8.42 Å². The Balaban J connectivity index is 1.66. The van der Waals surface area contributed by atoms with Gasteiger partial charge in [-0.15, -0.1) is 0 Å². The fraction of sp³-hybridized carbons (Fsp3) is 0.944. The molecular weight excluding hydrogens is 350 g/mol. The molecule has 2 rings (SSSR count). The molecule has 8 heteroatoms. The molecule has 0 aromatic rings. The minimum atomic E-state index is -3.06. The molecule has 0 aliphatic carbocycles. The lowest BCUT2D eigenvalue weighted by molar-refractivity contribution is 0.187. The first-order valence-corrected chi connectivity index (χ1v) is 11.8. The smallest absolute Gasteiger partial charge is 0.213 e. The van der Waals surface area contributed by atoms with E-state index in [0.717, 1.165) is 31.3 Å². The highest BCUT2D eigenvalue weighted by Crippen LogP contribution is 2.19. The van der Waals surface area contributed by atoms with Crippen molar-refractivity contribution in [3.63, 3.8) is 0 Å². The van der Waals surface area contributed by atoms with Crippen molar-refractivity contribution >= 4 is 16.0 Å². The number of hydrogen-bond acceptors (Lipinski definition) is 4. The van der Waals surface area contributed by atoms with Crippen molar-refractivity contribution in [1.29, 1.82) is 0 Å². The Morgan fingerprint density at radius 2 is 1.73 bits per heavy atom. The van der Waals surface area contributed by atoms with E-state index in [0.29, 0.717) is 13.1 Å². The summed E-state index contributed by atoms with van der Waals surface area (Å²) in [5.41, 5.74) is 0. The van der Waals surface area contributed by atoms with Crippen LogP contribution in [0.2, 0.25) is 0 Å². The number of guanidine groups is 1. The normalized spacial score (nSPS) is 22.5. The number of nitrogens with one attached hydrogen (secondary N) is 2. The molecule has 0 aromatic carbocycles. The molecular formula is C18H37N5O2S. The summed E-state index contributed by atoms with van der Waals surface area (Å²) in [5.74, 6) is 1.84. The Morgan fingerprint density at radius 1 is 1.08 bits per heavy atom. The van der Waals surface area contributed by atoms with E-state index in [9.17, 15) is 8.42 Å². The van der Waals surface area contributed by atoms with Crippen molar-refractivity contribution in [2.75, 3.05) is 52.1 Å². The van der Waals surface area contributed by atoms with Crippen molar-refractivity contribution in [2.24, 2.45) is 10.9 Å². The highest BCUT2D eigenvalue weighted by Gasteiger charge is 2.27. The Labute approximate surface area is 159 Å². The van der Waals surface area contributed by atoms with E-state index in [1.165, 1.54) is 38.9 Å². The first kappa shape index (κ1) is 21.4. The van der Waals surface area contributed by atoms with Crippen LogP contribution >= 0.6 is 0 Å². The summed E-state index contributed by atoms with van der Waals surface area (Å²) in [5, 5.41) is 6.89. The summed E-state index contributed by atoms with van der Waals surface area (Å²) in [4.78, 5) is 6.85. The minimum absolute atomic E-state index is 0.186. The number of likely N-dealkylation sites (tertiary alicyclic amines) is 1. The van der Waals surface area contributed by atoms with E-state index in [-0.39, 0.29) is 11.8 Å². The zero-order valence-electron chi connectivity index (χ0n) is 16.7. The fourth-order valence-electron chi connectivity index (χ4n) is 3.83. The second kappa shape index (κ2) is 10.5. The molecule has 0 aromatic heterocycles. The number of sulfonamides is 1. The third-order valence-electron chi connectivity index (χ3n) is 5.78. The van der Waals surface area contributed by atoms with Crippen molar-refractivity contribution in [3.8, 4) is 0 Å². The van der Waals surface area contributed by atoms with Crippen molar-refractivity contribution in [3.05, 3.63) is 0 Å². The first-order chi connectivity index (χ1) is 12.5. The molecule has 0 radical (unpaired) electrons. The maximum Gasteiger partial charge on any atom is 0.213 e. The highest BCUT2D eigenvalue weighted by molar-refractivity contribution is 7.89. The summed E-state index contributed by atoms with van der Waals surface area (Å²) in [7, 11) is -1.26. The van der Waals surface area contributed by atoms with Crippen LogP contribution in [0.3, 0.4) is 0 Å². The molecule has 2 saturated heterocycles. The Kier molecular flexibility index (Phi) is 8.63. The van der Waals surface area contributed by atoms with Gasteiger partial charge in [0, 0.05) is 32.7 Å². The third-order valence-corrected chi connectivity index (χ3v) is 7.66. The zero-order chi connectivity index (χ0) is 19.0. The number of hydrogen-bond donors (Lipinski definition) is 2. The van der Waals surface area contributed by atoms with Crippen LogP contribution < -0.4 is 10.6 Å². The van der Waals surface area contributed by atoms with Gasteiger partial charge in [-0.1, -0.05) is 6.92 Å². The molecule has 7 nitrogen and oxygen atoms in total. The van der Waals surface area contributed by atoms with Crippen LogP contribution in [0.15, 0.2) is 4.99 Å². The average Bonchev–Trinajstić information content (AvgIpc) is 2.68. The van der Waals surface area contributed by atoms with Gasteiger partial charge in [0.25, 0.3) is 0 Å². The van der Waals surface area contributed by atoms with E-state index in [2.05, 4.69) is 27.4 Å². The van der Waals surface area contributed by atoms with Gasteiger partial charge in [0.05, 0.1) is 5.75 Å². The van der Waals surface area contributed by atoms with Gasteiger partial charge in [-0.25, -0.2) is 12.7 Å². The number of nitrogens with zero attached hydrogens (tertiary/aromatic N) is 3. The van der Waals surface area contributed by atoms with Gasteiger partial charge in [-0.3, -0.25) is 4.99 Å². The van der Waals surface area contributed by atoms with E-state index < -0.39 is 10.0 Å². The van der Waals surface area contributed by atoms with Gasteiger partial charge >= 0.3 is 0 Å². The third kappa shape index (κ3) is 6.39. The van der Waals surface area contributed by atoms with Crippen LogP contribution in [0.5, 0.6) is 0 Å².